The zero-order valence-corrected chi connectivity index (χ0v) is 31.3. The van der Waals surface area contributed by atoms with Crippen molar-refractivity contribution < 1.29 is 18.4 Å². The monoisotopic (exact) mass is 696 g/mol. The average molecular weight is 697 g/mol. The van der Waals surface area contributed by atoms with Gasteiger partial charge in [0.05, 0.1) is 6.23 Å². The number of anilines is 6. The Hall–Kier alpha value is -4.81. The first-order valence-electron chi connectivity index (χ1n) is 16.7. The van der Waals surface area contributed by atoms with Crippen LogP contribution in [0.2, 0.25) is 13.1 Å². The number of aliphatic hydroxyl groups is 1. The molecule has 0 aromatic heterocycles. The highest BCUT2D eigenvalue weighted by Gasteiger charge is 2.32. The van der Waals surface area contributed by atoms with Crippen LogP contribution in [0.1, 0.15) is 0 Å². The molecule has 0 fully saturated rings. The summed E-state index contributed by atoms with van der Waals surface area (Å²) in [4.78, 5) is 4.51. The SMILES string of the molecule is CO[Si](C)(CO)c1ccc(N(c2ccccc2)c2ccc(-c3ccc(N(c4ccccc4)c4ccc([Si](C)(OC)OC)cc4)cc3)cc2)cc1. The Balaban J connectivity index is 1.29. The van der Waals surface area contributed by atoms with Crippen LogP contribution in [0.25, 0.3) is 11.1 Å². The summed E-state index contributed by atoms with van der Waals surface area (Å²) >= 11 is 0. The Morgan fingerprint density at radius 2 is 0.740 bits per heavy atom. The number of nitrogens with zero attached hydrogens (tertiary/aromatic N) is 2. The highest BCUT2D eigenvalue weighted by atomic mass is 28.4. The molecule has 0 saturated heterocycles. The third-order valence-electron chi connectivity index (χ3n) is 9.53. The molecule has 1 atom stereocenters. The van der Waals surface area contributed by atoms with Gasteiger partial charge in [0.25, 0.3) is 0 Å². The molecule has 0 heterocycles. The smallest absolute Gasteiger partial charge is 0.368 e. The molecule has 0 saturated carbocycles. The highest BCUT2D eigenvalue weighted by molar-refractivity contribution is 6.85. The maximum absolute atomic E-state index is 10.0. The van der Waals surface area contributed by atoms with Crippen molar-refractivity contribution in [2.24, 2.45) is 0 Å². The van der Waals surface area contributed by atoms with Gasteiger partial charge in [0, 0.05) is 55.5 Å². The molecule has 1 N–H and O–H groups in total. The van der Waals surface area contributed by atoms with Crippen molar-refractivity contribution in [1.29, 1.82) is 0 Å². The Kier molecular flexibility index (Phi) is 10.8. The van der Waals surface area contributed by atoms with Crippen molar-refractivity contribution in [3.8, 4) is 11.1 Å². The van der Waals surface area contributed by atoms with Crippen molar-refractivity contribution in [1.82, 2.24) is 0 Å². The molecule has 6 nitrogen and oxygen atoms in total. The van der Waals surface area contributed by atoms with Crippen molar-refractivity contribution in [3.05, 3.63) is 158 Å². The van der Waals surface area contributed by atoms with Crippen LogP contribution in [-0.4, -0.2) is 49.5 Å². The summed E-state index contributed by atoms with van der Waals surface area (Å²) in [5.74, 6) is 0. The number of aliphatic hydroxyl groups excluding tert-OH is 1. The van der Waals surface area contributed by atoms with Crippen molar-refractivity contribution >= 4 is 61.4 Å². The van der Waals surface area contributed by atoms with Gasteiger partial charge < -0.3 is 28.2 Å². The van der Waals surface area contributed by atoms with Crippen LogP contribution in [0, 0.1) is 0 Å². The van der Waals surface area contributed by atoms with Gasteiger partial charge in [-0.25, -0.2) is 0 Å². The lowest BCUT2D eigenvalue weighted by Gasteiger charge is -2.28. The lowest BCUT2D eigenvalue weighted by atomic mass is 10.0. The maximum atomic E-state index is 10.0. The Morgan fingerprint density at radius 1 is 0.420 bits per heavy atom. The molecule has 0 spiro atoms. The van der Waals surface area contributed by atoms with Gasteiger partial charge in [0.15, 0.2) is 0 Å². The first kappa shape index (κ1) is 35.0. The van der Waals surface area contributed by atoms with Gasteiger partial charge in [-0.1, -0.05) is 84.9 Å². The number of para-hydroxylation sites is 2. The van der Waals surface area contributed by atoms with Crippen LogP contribution < -0.4 is 20.2 Å². The largest absolute Gasteiger partial charge is 0.413 e. The van der Waals surface area contributed by atoms with E-state index in [0.717, 1.165) is 55.6 Å². The molecule has 0 radical (unpaired) electrons. The average Bonchev–Trinajstić information content (AvgIpc) is 3.19. The summed E-state index contributed by atoms with van der Waals surface area (Å²) in [6.45, 7) is 4.08. The van der Waals surface area contributed by atoms with Crippen LogP contribution in [0.3, 0.4) is 0 Å². The standard InChI is InChI=1S/C42H44N2O4Si2/c1-46-49(4,32-45)41-28-24-39(25-29-41)43(35-12-8-6-9-13-35)37-20-16-33(17-21-37)34-18-22-38(23-19-34)44(36-14-10-7-11-15-36)40-26-30-42(31-27-40)50(5,47-2)48-3/h6-31,45H,32H2,1-5H3. The van der Waals surface area contributed by atoms with Gasteiger partial charge in [0.2, 0.25) is 8.32 Å². The van der Waals surface area contributed by atoms with E-state index in [2.05, 4.69) is 162 Å². The molecule has 0 bridgehead atoms. The molecule has 254 valence electrons. The van der Waals surface area contributed by atoms with E-state index in [1.54, 1.807) is 21.3 Å². The lowest BCUT2D eigenvalue weighted by molar-refractivity contribution is 0.265. The summed E-state index contributed by atoms with van der Waals surface area (Å²) in [6, 6.07) is 55.1. The third kappa shape index (κ3) is 7.22. The van der Waals surface area contributed by atoms with Gasteiger partial charge in [-0.3, -0.25) is 0 Å². The first-order valence-corrected chi connectivity index (χ1v) is 21.6. The molecule has 0 aliphatic carbocycles. The summed E-state index contributed by atoms with van der Waals surface area (Å²) < 4.78 is 17.3. The molecule has 1 unspecified atom stereocenters. The Morgan fingerprint density at radius 3 is 1.06 bits per heavy atom. The second-order valence-electron chi connectivity index (χ2n) is 12.5. The topological polar surface area (TPSA) is 54.4 Å². The number of rotatable bonds is 13. The number of benzene rings is 6. The minimum absolute atomic E-state index is 0.0373. The number of hydrogen-bond acceptors (Lipinski definition) is 6. The zero-order valence-electron chi connectivity index (χ0n) is 29.3. The Labute approximate surface area is 298 Å². The summed E-state index contributed by atoms with van der Waals surface area (Å²) in [5, 5.41) is 12.1. The van der Waals surface area contributed by atoms with Gasteiger partial charge in [-0.2, -0.15) is 0 Å². The minimum Gasteiger partial charge on any atom is -0.413 e. The second-order valence-corrected chi connectivity index (χ2v) is 19.5. The van der Waals surface area contributed by atoms with Gasteiger partial charge >= 0.3 is 8.56 Å². The van der Waals surface area contributed by atoms with E-state index < -0.39 is 16.9 Å². The normalized spacial score (nSPS) is 12.7. The molecule has 0 aliphatic rings. The molecule has 6 aromatic rings. The van der Waals surface area contributed by atoms with Crippen LogP contribution >= 0.6 is 0 Å². The molecule has 0 amide bonds. The quantitative estimate of drug-likeness (QED) is 0.122. The minimum atomic E-state index is -2.43. The van der Waals surface area contributed by atoms with E-state index in [0.29, 0.717) is 0 Å². The van der Waals surface area contributed by atoms with E-state index in [9.17, 15) is 5.11 Å². The van der Waals surface area contributed by atoms with Crippen LogP contribution in [0.5, 0.6) is 0 Å². The highest BCUT2D eigenvalue weighted by Crippen LogP contribution is 2.37. The van der Waals surface area contributed by atoms with E-state index in [1.807, 2.05) is 18.7 Å². The predicted octanol–water partition coefficient (Wildman–Crippen LogP) is 8.83. The fourth-order valence-electron chi connectivity index (χ4n) is 6.12. The molecular formula is C42H44N2O4Si2. The van der Waals surface area contributed by atoms with E-state index >= 15 is 0 Å². The molecule has 0 aliphatic heterocycles. The predicted molar refractivity (Wildman–Crippen MR) is 212 cm³/mol. The fraction of sp³-hybridized carbons (Fsp3) is 0.143. The van der Waals surface area contributed by atoms with Crippen molar-refractivity contribution in [2.75, 3.05) is 37.4 Å². The summed E-state index contributed by atoms with van der Waals surface area (Å²) in [5.41, 5.74) is 8.62. The van der Waals surface area contributed by atoms with E-state index in [4.69, 9.17) is 13.3 Å². The summed E-state index contributed by atoms with van der Waals surface area (Å²) in [7, 11) is 0.310. The second kappa shape index (κ2) is 15.4. The third-order valence-corrected chi connectivity index (χ3v) is 15.5. The first-order chi connectivity index (χ1) is 24.3. The van der Waals surface area contributed by atoms with Gasteiger partial charge in [-0.15, -0.1) is 0 Å². The van der Waals surface area contributed by atoms with Crippen LogP contribution in [0.15, 0.2) is 158 Å². The van der Waals surface area contributed by atoms with E-state index in [-0.39, 0.29) is 6.23 Å². The summed E-state index contributed by atoms with van der Waals surface area (Å²) in [6.07, 6.45) is 0.0373. The van der Waals surface area contributed by atoms with Gasteiger partial charge in [-0.05, 0) is 107 Å². The molecular weight excluding hydrogens is 653 g/mol. The Bertz CT molecular complexity index is 1800. The molecule has 6 aromatic carbocycles. The zero-order chi connectivity index (χ0) is 35.1. The number of hydrogen-bond donors (Lipinski definition) is 1. The van der Waals surface area contributed by atoms with Crippen LogP contribution in [-0.2, 0) is 13.3 Å². The van der Waals surface area contributed by atoms with E-state index in [1.165, 1.54) is 0 Å². The molecule has 50 heavy (non-hydrogen) atoms. The molecule has 8 heteroatoms. The van der Waals surface area contributed by atoms with Crippen molar-refractivity contribution in [2.45, 2.75) is 13.1 Å². The van der Waals surface area contributed by atoms with Gasteiger partial charge in [0.1, 0.15) is 0 Å². The maximum Gasteiger partial charge on any atom is 0.368 e. The fourth-order valence-corrected chi connectivity index (χ4v) is 8.95. The lowest BCUT2D eigenvalue weighted by Crippen LogP contribution is -2.50. The van der Waals surface area contributed by atoms with Crippen LogP contribution in [0.4, 0.5) is 34.1 Å². The molecule has 6 rings (SSSR count). The van der Waals surface area contributed by atoms with Crippen molar-refractivity contribution in [3.63, 3.8) is 0 Å².